The Morgan fingerprint density at radius 1 is 1.09 bits per heavy atom. The Balaban J connectivity index is 1.71. The number of sulfone groups is 1. The highest BCUT2D eigenvalue weighted by Crippen LogP contribution is 2.19. The summed E-state index contributed by atoms with van der Waals surface area (Å²) in [6.45, 7) is 0.0869. The number of rotatable bonds is 5. The second-order valence-electron chi connectivity index (χ2n) is 4.92. The fourth-order valence-electron chi connectivity index (χ4n) is 1.95. The minimum atomic E-state index is -3.27. The smallest absolute Gasteiger partial charge is 0.258 e. The average Bonchev–Trinajstić information content (AvgIpc) is 3.02. The Hall–Kier alpha value is -2.67. The first-order chi connectivity index (χ1) is 11.0. The van der Waals surface area contributed by atoms with Gasteiger partial charge in [0.15, 0.2) is 16.4 Å². The van der Waals surface area contributed by atoms with Crippen molar-refractivity contribution in [3.63, 3.8) is 0 Å². The Labute approximate surface area is 133 Å². The Morgan fingerprint density at radius 2 is 1.87 bits per heavy atom. The van der Waals surface area contributed by atoms with E-state index in [-0.39, 0.29) is 11.5 Å². The van der Waals surface area contributed by atoms with E-state index in [0.717, 1.165) is 11.8 Å². The summed E-state index contributed by atoms with van der Waals surface area (Å²) in [5.74, 6) is 1.22. The van der Waals surface area contributed by atoms with Crippen molar-refractivity contribution in [2.45, 2.75) is 11.5 Å². The van der Waals surface area contributed by atoms with E-state index in [4.69, 9.17) is 9.26 Å². The molecule has 118 valence electrons. The molecule has 0 aliphatic heterocycles. The molecule has 0 N–H and O–H groups in total. The van der Waals surface area contributed by atoms with Crippen LogP contribution < -0.4 is 4.74 Å². The first kappa shape index (κ1) is 15.2. The van der Waals surface area contributed by atoms with Gasteiger partial charge in [0.2, 0.25) is 5.82 Å². The van der Waals surface area contributed by atoms with Crippen LogP contribution in [0.1, 0.15) is 5.82 Å². The third kappa shape index (κ3) is 3.75. The number of aromatic nitrogens is 2. The van der Waals surface area contributed by atoms with Crippen LogP contribution in [0.3, 0.4) is 0 Å². The molecule has 0 spiro atoms. The predicted molar refractivity (Wildman–Crippen MR) is 83.6 cm³/mol. The first-order valence-corrected chi connectivity index (χ1v) is 8.72. The molecule has 0 aliphatic rings. The number of nitrogens with zero attached hydrogens (tertiary/aromatic N) is 2. The Kier molecular flexibility index (Phi) is 4.12. The van der Waals surface area contributed by atoms with Gasteiger partial charge in [-0.25, -0.2) is 8.42 Å². The van der Waals surface area contributed by atoms with Crippen LogP contribution in [0.4, 0.5) is 0 Å². The molecule has 0 aliphatic carbocycles. The van der Waals surface area contributed by atoms with Crippen molar-refractivity contribution < 1.29 is 17.7 Å². The maximum Gasteiger partial charge on any atom is 0.258 e. The molecule has 7 heteroatoms. The van der Waals surface area contributed by atoms with E-state index >= 15 is 0 Å². The van der Waals surface area contributed by atoms with Gasteiger partial charge in [-0.05, 0) is 30.3 Å². The highest BCUT2D eigenvalue weighted by atomic mass is 32.2. The molecule has 2 aromatic carbocycles. The molecule has 3 aromatic rings. The van der Waals surface area contributed by atoms with E-state index in [1.807, 2.05) is 30.3 Å². The normalized spacial score (nSPS) is 11.3. The second kappa shape index (κ2) is 6.21. The van der Waals surface area contributed by atoms with E-state index in [0.29, 0.717) is 17.5 Å². The molecule has 0 saturated heterocycles. The monoisotopic (exact) mass is 330 g/mol. The summed E-state index contributed by atoms with van der Waals surface area (Å²) in [7, 11) is -3.27. The van der Waals surface area contributed by atoms with Crippen LogP contribution in [-0.4, -0.2) is 24.8 Å². The lowest BCUT2D eigenvalue weighted by molar-refractivity contribution is 0.286. The molecule has 0 fully saturated rings. The average molecular weight is 330 g/mol. The zero-order valence-electron chi connectivity index (χ0n) is 12.3. The molecule has 0 saturated carbocycles. The SMILES string of the molecule is CS(=O)(=O)c1cccc(OCc2noc(-c3ccccc3)n2)c1. The molecular formula is C16H14N2O4S. The fraction of sp³-hybridized carbons (Fsp3) is 0.125. The van der Waals surface area contributed by atoms with Crippen LogP contribution in [0.2, 0.25) is 0 Å². The molecule has 23 heavy (non-hydrogen) atoms. The van der Waals surface area contributed by atoms with Gasteiger partial charge >= 0.3 is 0 Å². The maximum atomic E-state index is 11.5. The highest BCUT2D eigenvalue weighted by Gasteiger charge is 2.11. The summed E-state index contributed by atoms with van der Waals surface area (Å²) in [5.41, 5.74) is 0.824. The molecule has 1 aromatic heterocycles. The van der Waals surface area contributed by atoms with E-state index in [1.165, 1.54) is 12.1 Å². The third-order valence-corrected chi connectivity index (χ3v) is 4.20. The number of hydrogen-bond donors (Lipinski definition) is 0. The van der Waals surface area contributed by atoms with Crippen molar-refractivity contribution >= 4 is 9.84 Å². The highest BCUT2D eigenvalue weighted by molar-refractivity contribution is 7.90. The van der Waals surface area contributed by atoms with Gasteiger partial charge in [0.05, 0.1) is 4.90 Å². The van der Waals surface area contributed by atoms with Crippen LogP contribution >= 0.6 is 0 Å². The van der Waals surface area contributed by atoms with Gasteiger partial charge < -0.3 is 9.26 Å². The quantitative estimate of drug-likeness (QED) is 0.715. The topological polar surface area (TPSA) is 82.3 Å². The van der Waals surface area contributed by atoms with Gasteiger partial charge in [-0.2, -0.15) is 4.98 Å². The third-order valence-electron chi connectivity index (χ3n) is 3.09. The molecule has 0 amide bonds. The zero-order valence-corrected chi connectivity index (χ0v) is 13.2. The number of benzene rings is 2. The summed E-state index contributed by atoms with van der Waals surface area (Å²) in [4.78, 5) is 4.45. The van der Waals surface area contributed by atoms with Crippen molar-refractivity contribution in [1.82, 2.24) is 10.1 Å². The van der Waals surface area contributed by atoms with E-state index < -0.39 is 9.84 Å². The number of ether oxygens (including phenoxy) is 1. The number of hydrogen-bond acceptors (Lipinski definition) is 6. The van der Waals surface area contributed by atoms with Crippen LogP contribution in [0.25, 0.3) is 11.5 Å². The van der Waals surface area contributed by atoms with Gasteiger partial charge in [0, 0.05) is 11.8 Å². The van der Waals surface area contributed by atoms with Crippen LogP contribution in [0, 0.1) is 0 Å². The first-order valence-electron chi connectivity index (χ1n) is 6.83. The van der Waals surface area contributed by atoms with E-state index in [2.05, 4.69) is 10.1 Å². The summed E-state index contributed by atoms with van der Waals surface area (Å²) in [6, 6.07) is 15.7. The molecular weight excluding hydrogens is 316 g/mol. The van der Waals surface area contributed by atoms with Crippen LogP contribution in [0.5, 0.6) is 5.75 Å². The summed E-state index contributed by atoms with van der Waals surface area (Å²) < 4.78 is 33.8. The van der Waals surface area contributed by atoms with Gasteiger partial charge in [-0.3, -0.25) is 0 Å². The Bertz CT molecular complexity index is 905. The van der Waals surface area contributed by atoms with Gasteiger partial charge in [0.1, 0.15) is 5.75 Å². The minimum absolute atomic E-state index is 0.0869. The lowest BCUT2D eigenvalue weighted by Crippen LogP contribution is -2.00. The van der Waals surface area contributed by atoms with Crippen LogP contribution in [0.15, 0.2) is 64.0 Å². The van der Waals surface area contributed by atoms with Crippen molar-refractivity contribution in [1.29, 1.82) is 0 Å². The lowest BCUT2D eigenvalue weighted by Gasteiger charge is -2.04. The predicted octanol–water partition coefficient (Wildman–Crippen LogP) is 2.72. The second-order valence-corrected chi connectivity index (χ2v) is 6.93. The maximum absolute atomic E-state index is 11.5. The fourth-order valence-corrected chi connectivity index (χ4v) is 2.61. The molecule has 1 heterocycles. The zero-order chi connectivity index (χ0) is 16.3. The molecule has 3 rings (SSSR count). The molecule has 0 bridgehead atoms. The molecule has 0 atom stereocenters. The lowest BCUT2D eigenvalue weighted by atomic mass is 10.2. The van der Waals surface area contributed by atoms with Crippen molar-refractivity contribution in [3.8, 4) is 17.2 Å². The van der Waals surface area contributed by atoms with Gasteiger partial charge in [-0.1, -0.05) is 29.4 Å². The Morgan fingerprint density at radius 3 is 2.61 bits per heavy atom. The van der Waals surface area contributed by atoms with Crippen LogP contribution in [-0.2, 0) is 16.4 Å². The summed E-state index contributed by atoms with van der Waals surface area (Å²) in [6.07, 6.45) is 1.15. The standard InChI is InChI=1S/C16H14N2O4S/c1-23(19,20)14-9-5-8-13(10-14)21-11-15-17-16(22-18-15)12-6-3-2-4-7-12/h2-10H,11H2,1H3. The van der Waals surface area contributed by atoms with Gasteiger partial charge in [0.25, 0.3) is 5.89 Å². The van der Waals surface area contributed by atoms with Crippen molar-refractivity contribution in [2.24, 2.45) is 0 Å². The van der Waals surface area contributed by atoms with Crippen molar-refractivity contribution in [3.05, 3.63) is 60.4 Å². The van der Waals surface area contributed by atoms with E-state index in [9.17, 15) is 8.42 Å². The summed E-state index contributed by atoms with van der Waals surface area (Å²) in [5, 5.41) is 3.85. The van der Waals surface area contributed by atoms with Gasteiger partial charge in [-0.15, -0.1) is 0 Å². The molecule has 0 radical (unpaired) electrons. The minimum Gasteiger partial charge on any atom is -0.485 e. The van der Waals surface area contributed by atoms with Crippen molar-refractivity contribution in [2.75, 3.05) is 6.26 Å². The summed E-state index contributed by atoms with van der Waals surface area (Å²) >= 11 is 0. The van der Waals surface area contributed by atoms with E-state index in [1.54, 1.807) is 12.1 Å². The largest absolute Gasteiger partial charge is 0.485 e. The molecule has 0 unspecified atom stereocenters. The molecule has 6 nitrogen and oxygen atoms in total.